The van der Waals surface area contributed by atoms with Crippen LogP contribution in [0.4, 0.5) is 5.82 Å². The van der Waals surface area contributed by atoms with Gasteiger partial charge in [-0.2, -0.15) is 0 Å². The second-order valence-corrected chi connectivity index (χ2v) is 5.18. The molecule has 0 saturated carbocycles. The topological polar surface area (TPSA) is 55.3 Å². The van der Waals surface area contributed by atoms with Crippen LogP contribution in [0.5, 0.6) is 0 Å². The van der Waals surface area contributed by atoms with Gasteiger partial charge in [0.1, 0.15) is 0 Å². The maximum Gasteiger partial charge on any atom is 0.169 e. The lowest BCUT2D eigenvalue weighted by atomic mass is 9.91. The number of hydrogen-bond donors (Lipinski definition) is 1. The summed E-state index contributed by atoms with van der Waals surface area (Å²) in [5.41, 5.74) is 7.64. The van der Waals surface area contributed by atoms with Gasteiger partial charge in [0.25, 0.3) is 0 Å². The number of nitrogen functional groups attached to an aromatic ring is 1. The number of benzene rings is 1. The van der Waals surface area contributed by atoms with Gasteiger partial charge < -0.3 is 15.2 Å². The Morgan fingerprint density at radius 2 is 2.17 bits per heavy atom. The summed E-state index contributed by atoms with van der Waals surface area (Å²) in [6.45, 7) is 2.13. The monoisotopic (exact) mass is 263 g/mol. The molecule has 0 bridgehead atoms. The zero-order chi connectivity index (χ0) is 12.7. The molecule has 1 aromatic heterocycles. The molecule has 0 spiro atoms. The lowest BCUT2D eigenvalue weighted by Crippen LogP contribution is -2.41. The Hall–Kier alpha value is -1.52. The maximum atomic E-state index is 6.33. The van der Waals surface area contributed by atoms with E-state index >= 15 is 0 Å². The van der Waals surface area contributed by atoms with Gasteiger partial charge in [0.15, 0.2) is 11.6 Å². The SMILES string of the molecule is CN1CC(c2ccc(-c3cc(N)no3)cc2Cl)C1. The molecule has 4 nitrogen and oxygen atoms in total. The van der Waals surface area contributed by atoms with Crippen molar-refractivity contribution in [2.45, 2.75) is 5.92 Å². The number of anilines is 1. The molecular formula is C13H14ClN3O. The van der Waals surface area contributed by atoms with Crippen LogP contribution in [-0.2, 0) is 0 Å². The number of likely N-dealkylation sites (N-methyl/N-ethyl adjacent to an activating group) is 1. The molecule has 18 heavy (non-hydrogen) atoms. The quantitative estimate of drug-likeness (QED) is 0.905. The van der Waals surface area contributed by atoms with Gasteiger partial charge in [-0.05, 0) is 18.7 Å². The molecule has 2 heterocycles. The van der Waals surface area contributed by atoms with E-state index < -0.39 is 0 Å². The van der Waals surface area contributed by atoms with E-state index in [-0.39, 0.29) is 0 Å². The minimum Gasteiger partial charge on any atom is -0.381 e. The van der Waals surface area contributed by atoms with Gasteiger partial charge in [-0.1, -0.05) is 28.9 Å². The minimum absolute atomic E-state index is 0.380. The number of nitrogens with zero attached hydrogens (tertiary/aromatic N) is 2. The third-order valence-electron chi connectivity index (χ3n) is 3.32. The van der Waals surface area contributed by atoms with Crippen molar-refractivity contribution >= 4 is 17.4 Å². The van der Waals surface area contributed by atoms with Crippen molar-refractivity contribution in [2.24, 2.45) is 0 Å². The molecule has 0 radical (unpaired) electrons. The maximum absolute atomic E-state index is 6.33. The molecule has 0 unspecified atom stereocenters. The highest BCUT2D eigenvalue weighted by molar-refractivity contribution is 6.31. The van der Waals surface area contributed by atoms with Gasteiger partial charge in [0.2, 0.25) is 0 Å². The molecule has 2 aromatic rings. The molecule has 94 valence electrons. The zero-order valence-corrected chi connectivity index (χ0v) is 10.8. The van der Waals surface area contributed by atoms with Gasteiger partial charge >= 0.3 is 0 Å². The summed E-state index contributed by atoms with van der Waals surface area (Å²) in [5, 5.41) is 4.45. The molecule has 0 amide bonds. The fraction of sp³-hybridized carbons (Fsp3) is 0.308. The van der Waals surface area contributed by atoms with E-state index in [2.05, 4.69) is 23.2 Å². The predicted molar refractivity (Wildman–Crippen MR) is 71.6 cm³/mol. The molecule has 1 aromatic carbocycles. The van der Waals surface area contributed by atoms with Crippen molar-refractivity contribution in [3.05, 3.63) is 34.9 Å². The van der Waals surface area contributed by atoms with Crippen LogP contribution in [0.15, 0.2) is 28.8 Å². The average molecular weight is 264 g/mol. The first-order chi connectivity index (χ1) is 8.63. The van der Waals surface area contributed by atoms with Crippen LogP contribution in [0.3, 0.4) is 0 Å². The van der Waals surface area contributed by atoms with Crippen LogP contribution >= 0.6 is 11.6 Å². The summed E-state index contributed by atoms with van der Waals surface area (Å²) in [4.78, 5) is 2.27. The second-order valence-electron chi connectivity index (χ2n) is 4.77. The van der Waals surface area contributed by atoms with Crippen molar-refractivity contribution < 1.29 is 4.52 Å². The number of likely N-dealkylation sites (tertiary alicyclic amines) is 1. The first-order valence-electron chi connectivity index (χ1n) is 5.84. The minimum atomic E-state index is 0.380. The van der Waals surface area contributed by atoms with Crippen LogP contribution in [-0.4, -0.2) is 30.2 Å². The largest absolute Gasteiger partial charge is 0.381 e. The summed E-state index contributed by atoms with van der Waals surface area (Å²) in [6.07, 6.45) is 0. The summed E-state index contributed by atoms with van der Waals surface area (Å²) in [5.74, 6) is 1.56. The molecule has 1 aliphatic heterocycles. The third kappa shape index (κ3) is 1.98. The Balaban J connectivity index is 1.89. The van der Waals surface area contributed by atoms with Crippen LogP contribution in [0.2, 0.25) is 5.02 Å². The molecule has 0 atom stereocenters. The third-order valence-corrected chi connectivity index (χ3v) is 3.64. The van der Waals surface area contributed by atoms with Gasteiger partial charge in [-0.3, -0.25) is 0 Å². The van der Waals surface area contributed by atoms with E-state index in [0.717, 1.165) is 23.7 Å². The summed E-state index contributed by atoms with van der Waals surface area (Å²) < 4.78 is 5.12. The van der Waals surface area contributed by atoms with Gasteiger partial charge in [0, 0.05) is 35.7 Å². The van der Waals surface area contributed by atoms with Crippen LogP contribution in [0, 0.1) is 0 Å². The van der Waals surface area contributed by atoms with Crippen molar-refractivity contribution in [3.8, 4) is 11.3 Å². The summed E-state index contributed by atoms with van der Waals surface area (Å²) in [6, 6.07) is 7.67. The van der Waals surface area contributed by atoms with Crippen molar-refractivity contribution in [3.63, 3.8) is 0 Å². The summed E-state index contributed by atoms with van der Waals surface area (Å²) in [7, 11) is 2.11. The first kappa shape index (κ1) is 11.6. The Morgan fingerprint density at radius 3 is 2.72 bits per heavy atom. The van der Waals surface area contributed by atoms with Crippen molar-refractivity contribution in [1.82, 2.24) is 10.1 Å². The van der Waals surface area contributed by atoms with Gasteiger partial charge in [0.05, 0.1) is 0 Å². The highest BCUT2D eigenvalue weighted by Gasteiger charge is 2.26. The highest BCUT2D eigenvalue weighted by atomic mass is 35.5. The Kier molecular flexibility index (Phi) is 2.76. The normalized spacial score (nSPS) is 16.8. The van der Waals surface area contributed by atoms with E-state index in [1.54, 1.807) is 6.07 Å². The average Bonchev–Trinajstić information content (AvgIpc) is 2.72. The molecular weight excluding hydrogens is 250 g/mol. The van der Waals surface area contributed by atoms with Crippen molar-refractivity contribution in [2.75, 3.05) is 25.9 Å². The van der Waals surface area contributed by atoms with Gasteiger partial charge in [-0.25, -0.2) is 0 Å². The lowest BCUT2D eigenvalue weighted by Gasteiger charge is -2.37. The van der Waals surface area contributed by atoms with Gasteiger partial charge in [-0.15, -0.1) is 0 Å². The number of rotatable bonds is 2. The van der Waals surface area contributed by atoms with Crippen molar-refractivity contribution in [1.29, 1.82) is 0 Å². The Labute approximate surface area is 110 Å². The smallest absolute Gasteiger partial charge is 0.169 e. The summed E-state index contributed by atoms with van der Waals surface area (Å²) >= 11 is 6.33. The molecule has 1 saturated heterocycles. The van der Waals surface area contributed by atoms with Crippen LogP contribution in [0.25, 0.3) is 11.3 Å². The van der Waals surface area contributed by atoms with E-state index in [1.807, 2.05) is 12.1 Å². The molecule has 3 rings (SSSR count). The Morgan fingerprint density at radius 1 is 1.39 bits per heavy atom. The number of hydrogen-bond acceptors (Lipinski definition) is 4. The number of aromatic nitrogens is 1. The van der Waals surface area contributed by atoms with E-state index in [9.17, 15) is 0 Å². The predicted octanol–water partition coefficient (Wildman–Crippen LogP) is 2.61. The molecule has 1 fully saturated rings. The van der Waals surface area contributed by atoms with E-state index in [0.29, 0.717) is 17.5 Å². The zero-order valence-electron chi connectivity index (χ0n) is 10.1. The number of halogens is 1. The Bertz CT molecular complexity index is 575. The number of nitrogens with two attached hydrogens (primary N) is 1. The van der Waals surface area contributed by atoms with E-state index in [1.165, 1.54) is 5.56 Å². The van der Waals surface area contributed by atoms with Crippen LogP contribution in [0.1, 0.15) is 11.5 Å². The first-order valence-corrected chi connectivity index (χ1v) is 6.22. The highest BCUT2D eigenvalue weighted by Crippen LogP contribution is 2.34. The fourth-order valence-electron chi connectivity index (χ4n) is 2.33. The van der Waals surface area contributed by atoms with E-state index in [4.69, 9.17) is 21.9 Å². The standard InChI is InChI=1S/C13H14ClN3O/c1-17-6-9(7-17)10-3-2-8(4-11(10)14)12-5-13(15)16-18-12/h2-5,9H,6-7H2,1H3,(H2,15,16). The molecule has 0 aliphatic carbocycles. The molecule has 1 aliphatic rings. The van der Waals surface area contributed by atoms with Crippen LogP contribution < -0.4 is 5.73 Å². The second kappa shape index (κ2) is 4.30. The molecule has 2 N–H and O–H groups in total. The lowest BCUT2D eigenvalue weighted by molar-refractivity contribution is 0.190. The fourth-order valence-corrected chi connectivity index (χ4v) is 2.67. The molecule has 5 heteroatoms.